The molecule has 2 aromatic rings. The summed E-state index contributed by atoms with van der Waals surface area (Å²) < 4.78 is 0. The fourth-order valence-electron chi connectivity index (χ4n) is 5.29. The lowest BCUT2D eigenvalue weighted by Crippen LogP contribution is -2.63. The quantitative estimate of drug-likeness (QED) is 0.356. The smallest absolute Gasteiger partial charge is 0.119 e. The summed E-state index contributed by atoms with van der Waals surface area (Å²) in [6, 6.07) is 15.6. The van der Waals surface area contributed by atoms with Crippen LogP contribution in [0.25, 0.3) is 0 Å². The van der Waals surface area contributed by atoms with Crippen LogP contribution in [0.4, 0.5) is 0 Å². The molecule has 0 saturated carbocycles. The van der Waals surface area contributed by atoms with Crippen molar-refractivity contribution in [3.63, 3.8) is 0 Å². The van der Waals surface area contributed by atoms with Gasteiger partial charge in [0, 0.05) is 10.5 Å². The molecule has 0 radical (unpaired) electrons. The van der Waals surface area contributed by atoms with E-state index < -0.39 is 8.07 Å². The summed E-state index contributed by atoms with van der Waals surface area (Å²) in [4.78, 5) is 1.32. The van der Waals surface area contributed by atoms with E-state index in [9.17, 15) is 5.11 Å². The fraction of sp³-hybridized carbons (Fsp3) is 0.586. The van der Waals surface area contributed by atoms with Gasteiger partial charge in [0.25, 0.3) is 0 Å². The third-order valence-electron chi connectivity index (χ3n) is 6.99. The van der Waals surface area contributed by atoms with Gasteiger partial charge in [-0.05, 0) is 44.0 Å². The van der Waals surface area contributed by atoms with Gasteiger partial charge in [0.05, 0.1) is 0 Å². The predicted octanol–water partition coefficient (Wildman–Crippen LogP) is 8.57. The second-order valence-electron chi connectivity index (χ2n) is 13.4. The summed E-state index contributed by atoms with van der Waals surface area (Å²) in [5.74, 6) is 0.421. The van der Waals surface area contributed by atoms with Crippen molar-refractivity contribution in [2.45, 2.75) is 109 Å². The molecule has 1 nitrogen and oxygen atoms in total. The van der Waals surface area contributed by atoms with Crippen LogP contribution in [0.3, 0.4) is 0 Å². The molecule has 0 spiro atoms. The van der Waals surface area contributed by atoms with Crippen LogP contribution in [0, 0.1) is 0 Å². The SMILES string of the molecule is CC(C)(C)c1cc(SC[Si](c2ccccc2)(C(C)(C)C)C(C)(C)C)c(C(C)(C)C)cc1O. The van der Waals surface area contributed by atoms with Crippen molar-refractivity contribution < 1.29 is 5.11 Å². The minimum atomic E-state index is -2.02. The predicted molar refractivity (Wildman–Crippen MR) is 147 cm³/mol. The maximum Gasteiger partial charge on any atom is 0.119 e. The van der Waals surface area contributed by atoms with E-state index in [1.54, 1.807) is 5.19 Å². The summed E-state index contributed by atoms with van der Waals surface area (Å²) in [6.07, 6.45) is 0. The van der Waals surface area contributed by atoms with Crippen LogP contribution in [0.15, 0.2) is 47.4 Å². The highest BCUT2D eigenvalue weighted by atomic mass is 32.2. The third kappa shape index (κ3) is 5.30. The largest absolute Gasteiger partial charge is 0.508 e. The van der Waals surface area contributed by atoms with E-state index in [2.05, 4.69) is 119 Å². The number of hydrogen-bond acceptors (Lipinski definition) is 2. The van der Waals surface area contributed by atoms with Crippen LogP contribution in [0.1, 0.15) is 94.2 Å². The summed E-state index contributed by atoms with van der Waals surface area (Å²) in [5, 5.41) is 13.9. The fourth-order valence-corrected chi connectivity index (χ4v) is 16.4. The number of thioether (sulfide) groups is 1. The van der Waals surface area contributed by atoms with E-state index in [-0.39, 0.29) is 20.9 Å². The molecule has 0 fully saturated rings. The van der Waals surface area contributed by atoms with Gasteiger partial charge in [0.15, 0.2) is 0 Å². The number of phenols is 1. The zero-order chi connectivity index (χ0) is 24.8. The van der Waals surface area contributed by atoms with Gasteiger partial charge in [0.2, 0.25) is 0 Å². The van der Waals surface area contributed by atoms with Gasteiger partial charge in [-0.3, -0.25) is 0 Å². The van der Waals surface area contributed by atoms with Crippen LogP contribution in [-0.4, -0.2) is 18.6 Å². The lowest BCUT2D eigenvalue weighted by molar-refractivity contribution is 0.441. The molecule has 0 heterocycles. The van der Waals surface area contributed by atoms with Gasteiger partial charge in [-0.25, -0.2) is 0 Å². The van der Waals surface area contributed by atoms with Crippen molar-refractivity contribution in [1.82, 2.24) is 0 Å². The van der Waals surface area contributed by atoms with Crippen LogP contribution in [0.5, 0.6) is 5.75 Å². The van der Waals surface area contributed by atoms with Crippen LogP contribution >= 0.6 is 11.8 Å². The van der Waals surface area contributed by atoms with E-state index in [1.165, 1.54) is 10.5 Å². The Morgan fingerprint density at radius 1 is 0.688 bits per heavy atom. The lowest BCUT2D eigenvalue weighted by Gasteiger charge is -2.52. The summed E-state index contributed by atoms with van der Waals surface area (Å²) in [7, 11) is -2.02. The Morgan fingerprint density at radius 2 is 1.16 bits per heavy atom. The minimum absolute atomic E-state index is 0.0311. The van der Waals surface area contributed by atoms with Crippen molar-refractivity contribution in [3.05, 3.63) is 53.6 Å². The van der Waals surface area contributed by atoms with Gasteiger partial charge < -0.3 is 5.11 Å². The highest BCUT2D eigenvalue weighted by Gasteiger charge is 2.53. The first-order valence-electron chi connectivity index (χ1n) is 11.9. The average Bonchev–Trinajstić information content (AvgIpc) is 2.59. The molecule has 0 aliphatic rings. The third-order valence-corrected chi connectivity index (χ3v) is 16.4. The van der Waals surface area contributed by atoms with Crippen LogP contribution in [0.2, 0.25) is 10.1 Å². The van der Waals surface area contributed by atoms with Gasteiger partial charge in [-0.15, -0.1) is 11.8 Å². The molecule has 0 atom stereocenters. The van der Waals surface area contributed by atoms with Gasteiger partial charge in [-0.2, -0.15) is 0 Å². The van der Waals surface area contributed by atoms with Crippen LogP contribution < -0.4 is 5.19 Å². The van der Waals surface area contributed by atoms with Gasteiger partial charge in [-0.1, -0.05) is 119 Å². The normalized spacial score (nSPS) is 14.0. The lowest BCUT2D eigenvalue weighted by atomic mass is 9.81. The maximum absolute atomic E-state index is 10.9. The topological polar surface area (TPSA) is 20.2 Å². The minimum Gasteiger partial charge on any atom is -0.508 e. The Balaban J connectivity index is 2.71. The Bertz CT molecular complexity index is 905. The number of aromatic hydroxyl groups is 1. The van der Waals surface area contributed by atoms with E-state index in [0.29, 0.717) is 5.75 Å². The molecule has 3 heteroatoms. The number of phenolic OH excluding ortho intramolecular Hbond substituents is 1. The molecule has 0 aliphatic heterocycles. The molecule has 0 aliphatic carbocycles. The maximum atomic E-state index is 10.9. The summed E-state index contributed by atoms with van der Waals surface area (Å²) in [5.41, 5.74) is 2.15. The monoisotopic (exact) mass is 470 g/mol. The molecule has 0 aromatic heterocycles. The first kappa shape index (κ1) is 27.1. The number of rotatable bonds is 4. The Hall–Kier alpha value is -1.19. The van der Waals surface area contributed by atoms with Crippen molar-refractivity contribution in [1.29, 1.82) is 0 Å². The molecule has 178 valence electrons. The number of benzene rings is 2. The molecule has 2 aromatic carbocycles. The summed E-state index contributed by atoms with van der Waals surface area (Å²) in [6.45, 7) is 28.0. The highest BCUT2D eigenvalue weighted by Crippen LogP contribution is 2.53. The first-order chi connectivity index (χ1) is 14.3. The van der Waals surface area contributed by atoms with E-state index in [4.69, 9.17) is 0 Å². The van der Waals surface area contributed by atoms with Crippen LogP contribution in [-0.2, 0) is 10.8 Å². The van der Waals surface area contributed by atoms with E-state index in [0.717, 1.165) is 10.9 Å². The van der Waals surface area contributed by atoms with E-state index >= 15 is 0 Å². The second-order valence-corrected chi connectivity index (χ2v) is 20.7. The molecule has 0 bridgehead atoms. The Kier molecular flexibility index (Phi) is 7.50. The molecule has 0 unspecified atom stereocenters. The standard InChI is InChI=1S/C29H46OSSi/c1-26(2,3)22-19-25(23(18-24(22)30)27(4,5)6)31-20-32(28(7,8)9,29(10,11)12)21-16-14-13-15-17-21/h13-19,30H,20H2,1-12H3. The Morgan fingerprint density at radius 3 is 1.56 bits per heavy atom. The number of hydrogen-bond donors (Lipinski definition) is 1. The van der Waals surface area contributed by atoms with Crippen molar-refractivity contribution in [3.8, 4) is 5.75 Å². The van der Waals surface area contributed by atoms with Gasteiger partial charge >= 0.3 is 0 Å². The molecular formula is C29H46OSSi. The van der Waals surface area contributed by atoms with Gasteiger partial charge in [0.1, 0.15) is 13.8 Å². The molecule has 2 rings (SSSR count). The summed E-state index contributed by atoms with van der Waals surface area (Å²) >= 11 is 2.02. The van der Waals surface area contributed by atoms with E-state index in [1.807, 2.05) is 17.8 Å². The molecule has 0 amide bonds. The second kappa shape index (κ2) is 8.87. The van der Waals surface area contributed by atoms with Crippen molar-refractivity contribution >= 4 is 25.0 Å². The zero-order valence-electron chi connectivity index (χ0n) is 22.6. The zero-order valence-corrected chi connectivity index (χ0v) is 24.4. The molecule has 1 N–H and O–H groups in total. The molecular weight excluding hydrogens is 424 g/mol. The molecule has 32 heavy (non-hydrogen) atoms. The Labute approximate surface area is 203 Å². The highest BCUT2D eigenvalue weighted by molar-refractivity contribution is 8.01. The first-order valence-corrected chi connectivity index (χ1v) is 15.1. The van der Waals surface area contributed by atoms with Crippen molar-refractivity contribution in [2.24, 2.45) is 0 Å². The molecule has 0 saturated heterocycles. The average molecular weight is 471 g/mol. The van der Waals surface area contributed by atoms with Crippen molar-refractivity contribution in [2.75, 3.05) is 5.38 Å².